The largest absolute Gasteiger partial charge is 0.369 e. The molecule has 7 nitrogen and oxygen atoms in total. The Kier molecular flexibility index (Phi) is 3.47. The van der Waals surface area contributed by atoms with E-state index in [-0.39, 0.29) is 0 Å². The molecule has 3 rings (SSSR count). The summed E-state index contributed by atoms with van der Waals surface area (Å²) in [6, 6.07) is 0. The van der Waals surface area contributed by atoms with Crippen LogP contribution in [0.2, 0.25) is 0 Å². The van der Waals surface area contributed by atoms with Crippen LogP contribution < -0.4 is 10.6 Å². The number of imidazole rings is 1. The monoisotopic (exact) mass is 285 g/mol. The third kappa shape index (κ3) is 2.67. The number of hydrogen-bond donors (Lipinski definition) is 2. The molecule has 0 aliphatic heterocycles. The van der Waals surface area contributed by atoms with Crippen molar-refractivity contribution in [2.45, 2.75) is 20.3 Å². The van der Waals surface area contributed by atoms with E-state index in [0.29, 0.717) is 0 Å². The van der Waals surface area contributed by atoms with Crippen molar-refractivity contribution < 1.29 is 0 Å². The maximum Gasteiger partial charge on any atom is 0.180 e. The van der Waals surface area contributed by atoms with Gasteiger partial charge in [0.15, 0.2) is 11.5 Å². The van der Waals surface area contributed by atoms with Crippen molar-refractivity contribution in [3.63, 3.8) is 0 Å². The van der Waals surface area contributed by atoms with Crippen LogP contribution in [0.15, 0.2) is 24.8 Å². The van der Waals surface area contributed by atoms with Crippen LogP contribution in [0.4, 0.5) is 17.3 Å². The molecule has 21 heavy (non-hydrogen) atoms. The van der Waals surface area contributed by atoms with Gasteiger partial charge in [0.05, 0.1) is 17.6 Å². The van der Waals surface area contributed by atoms with Crippen LogP contribution >= 0.6 is 0 Å². The van der Waals surface area contributed by atoms with Crippen LogP contribution in [0.25, 0.3) is 5.65 Å². The molecule has 0 atom stereocenters. The second-order valence-corrected chi connectivity index (χ2v) is 4.99. The first-order valence-electron chi connectivity index (χ1n) is 7.02. The van der Waals surface area contributed by atoms with Crippen LogP contribution in [-0.2, 0) is 7.05 Å². The molecular formula is C14H19N7. The SMILES string of the molecule is CCCNc1cn2ccnc2c(Nc2cn(C)nc2C)n1. The zero-order valence-electron chi connectivity index (χ0n) is 12.5. The van der Waals surface area contributed by atoms with Gasteiger partial charge in [-0.2, -0.15) is 5.10 Å². The molecule has 0 unspecified atom stereocenters. The Hall–Kier alpha value is -2.57. The summed E-state index contributed by atoms with van der Waals surface area (Å²) < 4.78 is 3.73. The fourth-order valence-electron chi connectivity index (χ4n) is 2.20. The zero-order chi connectivity index (χ0) is 14.8. The highest BCUT2D eigenvalue weighted by Crippen LogP contribution is 2.22. The Morgan fingerprint density at radius 1 is 1.29 bits per heavy atom. The number of rotatable bonds is 5. The zero-order valence-corrected chi connectivity index (χ0v) is 12.5. The van der Waals surface area contributed by atoms with Crippen molar-refractivity contribution in [2.75, 3.05) is 17.2 Å². The normalized spacial score (nSPS) is 11.0. The fraction of sp³-hybridized carbons (Fsp3) is 0.357. The number of aryl methyl sites for hydroxylation is 2. The van der Waals surface area contributed by atoms with Crippen LogP contribution in [0.3, 0.4) is 0 Å². The maximum atomic E-state index is 4.61. The minimum absolute atomic E-state index is 0.720. The van der Waals surface area contributed by atoms with E-state index in [1.807, 2.05) is 37.0 Å². The van der Waals surface area contributed by atoms with Gasteiger partial charge < -0.3 is 15.0 Å². The topological polar surface area (TPSA) is 72.1 Å². The van der Waals surface area contributed by atoms with Crippen LogP contribution in [0.5, 0.6) is 0 Å². The molecule has 2 N–H and O–H groups in total. The van der Waals surface area contributed by atoms with Crippen molar-refractivity contribution in [1.29, 1.82) is 0 Å². The molecule has 0 bridgehead atoms. The summed E-state index contributed by atoms with van der Waals surface area (Å²) in [5.74, 6) is 1.54. The molecule has 0 radical (unpaired) electrons. The summed E-state index contributed by atoms with van der Waals surface area (Å²) in [7, 11) is 1.90. The van der Waals surface area contributed by atoms with Gasteiger partial charge in [0.25, 0.3) is 0 Å². The van der Waals surface area contributed by atoms with Gasteiger partial charge in [0.1, 0.15) is 5.82 Å². The van der Waals surface area contributed by atoms with E-state index in [1.165, 1.54) is 0 Å². The summed E-state index contributed by atoms with van der Waals surface area (Å²) in [5.41, 5.74) is 2.65. The smallest absolute Gasteiger partial charge is 0.180 e. The first-order valence-corrected chi connectivity index (χ1v) is 7.02. The average molecular weight is 285 g/mol. The van der Waals surface area contributed by atoms with Crippen molar-refractivity contribution in [2.24, 2.45) is 7.05 Å². The predicted molar refractivity (Wildman–Crippen MR) is 83.0 cm³/mol. The average Bonchev–Trinajstić information content (AvgIpc) is 3.03. The van der Waals surface area contributed by atoms with Crippen LogP contribution in [0, 0.1) is 6.92 Å². The van der Waals surface area contributed by atoms with Crippen LogP contribution in [-0.4, -0.2) is 30.7 Å². The first kappa shape index (κ1) is 13.4. The summed E-state index contributed by atoms with van der Waals surface area (Å²) >= 11 is 0. The minimum Gasteiger partial charge on any atom is -0.369 e. The molecule has 110 valence electrons. The van der Waals surface area contributed by atoms with Crippen molar-refractivity contribution in [3.05, 3.63) is 30.5 Å². The molecule has 3 heterocycles. The highest BCUT2D eigenvalue weighted by molar-refractivity contribution is 5.72. The Labute approximate surface area is 123 Å². The molecule has 0 aliphatic rings. The van der Waals surface area contributed by atoms with E-state index in [9.17, 15) is 0 Å². The van der Waals surface area contributed by atoms with Crippen molar-refractivity contribution in [1.82, 2.24) is 24.1 Å². The second kappa shape index (κ2) is 5.43. The molecule has 0 aromatic carbocycles. The Morgan fingerprint density at radius 3 is 2.86 bits per heavy atom. The lowest BCUT2D eigenvalue weighted by molar-refractivity contribution is 0.756. The van der Waals surface area contributed by atoms with Crippen molar-refractivity contribution >= 4 is 23.0 Å². The lowest BCUT2D eigenvalue weighted by Crippen LogP contribution is -2.06. The molecule has 0 saturated heterocycles. The number of hydrogen-bond acceptors (Lipinski definition) is 5. The summed E-state index contributed by atoms with van der Waals surface area (Å²) in [5, 5.41) is 11.0. The maximum absolute atomic E-state index is 4.61. The van der Waals surface area contributed by atoms with Gasteiger partial charge in [-0.05, 0) is 13.3 Å². The van der Waals surface area contributed by atoms with Gasteiger partial charge in [-0.15, -0.1) is 0 Å². The summed E-state index contributed by atoms with van der Waals surface area (Å²) in [4.78, 5) is 8.97. The Bertz CT molecular complexity index is 756. The van der Waals surface area contributed by atoms with Gasteiger partial charge >= 0.3 is 0 Å². The molecule has 7 heteroatoms. The van der Waals surface area contributed by atoms with Gasteiger partial charge in [-0.25, -0.2) is 9.97 Å². The van der Waals surface area contributed by atoms with E-state index < -0.39 is 0 Å². The van der Waals surface area contributed by atoms with E-state index in [4.69, 9.17) is 0 Å². The molecule has 3 aromatic rings. The van der Waals surface area contributed by atoms with Gasteiger partial charge in [0.2, 0.25) is 0 Å². The Morgan fingerprint density at radius 2 is 2.14 bits per heavy atom. The van der Waals surface area contributed by atoms with Crippen molar-refractivity contribution in [3.8, 4) is 0 Å². The number of aromatic nitrogens is 5. The summed E-state index contributed by atoms with van der Waals surface area (Å²) in [6.45, 7) is 4.98. The van der Waals surface area contributed by atoms with Gasteiger partial charge in [-0.3, -0.25) is 4.68 Å². The molecule has 0 aliphatic carbocycles. The van der Waals surface area contributed by atoms with E-state index in [0.717, 1.165) is 41.6 Å². The predicted octanol–water partition coefficient (Wildman–Crippen LogP) is 2.34. The Balaban J connectivity index is 1.99. The molecule has 0 amide bonds. The van der Waals surface area contributed by atoms with E-state index in [2.05, 4.69) is 32.6 Å². The number of nitrogens with zero attached hydrogens (tertiary/aromatic N) is 5. The van der Waals surface area contributed by atoms with E-state index in [1.54, 1.807) is 10.9 Å². The molecule has 0 saturated carbocycles. The van der Waals surface area contributed by atoms with Gasteiger partial charge in [-0.1, -0.05) is 6.92 Å². The highest BCUT2D eigenvalue weighted by atomic mass is 15.3. The second-order valence-electron chi connectivity index (χ2n) is 4.99. The third-order valence-electron chi connectivity index (χ3n) is 3.20. The molecule has 0 spiro atoms. The minimum atomic E-state index is 0.720. The molecule has 3 aromatic heterocycles. The fourth-order valence-corrected chi connectivity index (χ4v) is 2.20. The van der Waals surface area contributed by atoms with Crippen LogP contribution in [0.1, 0.15) is 19.0 Å². The molecule has 0 fully saturated rings. The highest BCUT2D eigenvalue weighted by Gasteiger charge is 2.10. The lowest BCUT2D eigenvalue weighted by Gasteiger charge is -2.10. The third-order valence-corrected chi connectivity index (χ3v) is 3.20. The first-order chi connectivity index (χ1) is 10.2. The number of fused-ring (bicyclic) bond motifs is 1. The standard InChI is InChI=1S/C14H19N7/c1-4-5-15-12-9-21-7-6-16-14(21)13(18-12)17-11-8-20(3)19-10(11)2/h6-9,15H,4-5H2,1-3H3,(H,17,18). The number of anilines is 3. The number of nitrogens with one attached hydrogen (secondary N) is 2. The van der Waals surface area contributed by atoms with Gasteiger partial charge in [0, 0.05) is 32.2 Å². The van der Waals surface area contributed by atoms with E-state index >= 15 is 0 Å². The quantitative estimate of drug-likeness (QED) is 0.753. The summed E-state index contributed by atoms with van der Waals surface area (Å²) in [6.07, 6.45) is 8.60. The molecular weight excluding hydrogens is 266 g/mol. The lowest BCUT2D eigenvalue weighted by atomic mass is 10.4.